The van der Waals surface area contributed by atoms with Crippen LogP contribution < -0.4 is 10.6 Å². The second-order valence-electron chi connectivity index (χ2n) is 4.04. The van der Waals surface area contributed by atoms with Crippen LogP contribution in [0.2, 0.25) is 0 Å². The Hall–Kier alpha value is -1.56. The van der Waals surface area contributed by atoms with Crippen LogP contribution in [-0.4, -0.2) is 25.2 Å². The molecule has 0 bridgehead atoms. The van der Waals surface area contributed by atoms with Gasteiger partial charge in [-0.2, -0.15) is 0 Å². The number of amides is 2. The van der Waals surface area contributed by atoms with E-state index < -0.39 is 12.0 Å². The summed E-state index contributed by atoms with van der Waals surface area (Å²) in [4.78, 5) is 22.7. The Morgan fingerprint density at radius 1 is 1.26 bits per heavy atom. The molecule has 19 heavy (non-hydrogen) atoms. The molecule has 0 spiro atoms. The Morgan fingerprint density at radius 2 is 1.84 bits per heavy atom. The first-order chi connectivity index (χ1) is 8.93. The van der Waals surface area contributed by atoms with Crippen molar-refractivity contribution in [1.82, 2.24) is 5.32 Å². The second kappa shape index (κ2) is 7.13. The van der Waals surface area contributed by atoms with Gasteiger partial charge >= 0.3 is 12.0 Å². The number of carbonyl (C=O) groups excluding carboxylic acids is 2. The number of carbonyl (C=O) groups is 2. The molecular weight excluding hydrogens is 312 g/mol. The highest BCUT2D eigenvalue weighted by molar-refractivity contribution is 9.10. The van der Waals surface area contributed by atoms with Gasteiger partial charge in [-0.15, -0.1) is 0 Å². The number of urea groups is 1. The minimum absolute atomic E-state index is 0.145. The summed E-state index contributed by atoms with van der Waals surface area (Å²) in [7, 11) is 0. The van der Waals surface area contributed by atoms with Crippen molar-refractivity contribution in [2.24, 2.45) is 0 Å². The van der Waals surface area contributed by atoms with Crippen LogP contribution in [0.5, 0.6) is 0 Å². The highest BCUT2D eigenvalue weighted by Gasteiger charge is 2.08. The fourth-order valence-corrected chi connectivity index (χ4v) is 1.79. The van der Waals surface area contributed by atoms with Gasteiger partial charge in [0.25, 0.3) is 0 Å². The lowest BCUT2D eigenvalue weighted by atomic mass is 10.1. The number of esters is 1. The highest BCUT2D eigenvalue weighted by atomic mass is 79.9. The molecule has 1 rings (SSSR count). The molecule has 104 valence electrons. The molecule has 5 nitrogen and oxygen atoms in total. The van der Waals surface area contributed by atoms with E-state index in [1.165, 1.54) is 0 Å². The normalized spacial score (nSPS) is 9.89. The predicted molar refractivity (Wildman–Crippen MR) is 77.3 cm³/mol. The molecular formula is C13H17BrN2O3. The molecule has 0 atom stereocenters. The molecule has 0 saturated heterocycles. The number of hydrogen-bond acceptors (Lipinski definition) is 3. The van der Waals surface area contributed by atoms with Crippen molar-refractivity contribution in [2.45, 2.75) is 20.8 Å². The second-order valence-corrected chi connectivity index (χ2v) is 4.83. The molecule has 0 radical (unpaired) electrons. The van der Waals surface area contributed by atoms with E-state index in [9.17, 15) is 9.59 Å². The molecule has 6 heteroatoms. The highest BCUT2D eigenvalue weighted by Crippen LogP contribution is 2.24. The van der Waals surface area contributed by atoms with Gasteiger partial charge in [-0.05, 0) is 44.0 Å². The first kappa shape index (κ1) is 15.5. The zero-order valence-corrected chi connectivity index (χ0v) is 12.8. The smallest absolute Gasteiger partial charge is 0.325 e. The lowest BCUT2D eigenvalue weighted by molar-refractivity contribution is -0.141. The van der Waals surface area contributed by atoms with Gasteiger partial charge in [0.05, 0.1) is 6.61 Å². The number of nitrogens with one attached hydrogen (secondary N) is 2. The Labute approximate surface area is 120 Å². The zero-order chi connectivity index (χ0) is 14.4. The van der Waals surface area contributed by atoms with Gasteiger partial charge in [0, 0.05) is 10.2 Å². The summed E-state index contributed by atoms with van der Waals surface area (Å²) in [6.45, 7) is 5.75. The molecule has 0 heterocycles. The number of hydrogen-bond donors (Lipinski definition) is 2. The van der Waals surface area contributed by atoms with Gasteiger partial charge in [-0.3, -0.25) is 4.79 Å². The fraction of sp³-hybridized carbons (Fsp3) is 0.385. The van der Waals surface area contributed by atoms with E-state index >= 15 is 0 Å². The summed E-state index contributed by atoms with van der Waals surface area (Å²) in [6, 6.07) is 3.26. The van der Waals surface area contributed by atoms with Gasteiger partial charge < -0.3 is 15.4 Å². The van der Waals surface area contributed by atoms with Crippen molar-refractivity contribution in [3.05, 3.63) is 27.7 Å². The van der Waals surface area contributed by atoms with Crippen molar-refractivity contribution in [2.75, 3.05) is 18.5 Å². The monoisotopic (exact) mass is 328 g/mol. The van der Waals surface area contributed by atoms with Gasteiger partial charge in [0.15, 0.2) is 0 Å². The molecule has 1 aromatic rings. The number of rotatable bonds is 4. The first-order valence-corrected chi connectivity index (χ1v) is 6.70. The minimum atomic E-state index is -0.458. The molecule has 2 N–H and O–H groups in total. The van der Waals surface area contributed by atoms with Gasteiger partial charge in [-0.25, -0.2) is 4.79 Å². The number of benzene rings is 1. The molecule has 0 saturated carbocycles. The average Bonchev–Trinajstić information content (AvgIpc) is 2.34. The summed E-state index contributed by atoms with van der Waals surface area (Å²) >= 11 is 3.46. The lowest BCUT2D eigenvalue weighted by Gasteiger charge is -2.10. The molecule has 0 fully saturated rings. The largest absolute Gasteiger partial charge is 0.465 e. The van der Waals surface area contributed by atoms with Crippen LogP contribution in [0.25, 0.3) is 0 Å². The van der Waals surface area contributed by atoms with Crippen molar-refractivity contribution in [3.8, 4) is 0 Å². The van der Waals surface area contributed by atoms with Gasteiger partial charge in [-0.1, -0.05) is 15.9 Å². The molecule has 0 unspecified atom stereocenters. The Kier molecular flexibility index (Phi) is 5.82. The summed E-state index contributed by atoms with van der Waals surface area (Å²) in [5.41, 5.74) is 2.74. The van der Waals surface area contributed by atoms with Gasteiger partial charge in [0.1, 0.15) is 6.54 Å². The molecule has 0 aromatic heterocycles. The summed E-state index contributed by atoms with van der Waals surface area (Å²) < 4.78 is 5.73. The van der Waals surface area contributed by atoms with Gasteiger partial charge in [0.2, 0.25) is 0 Å². The molecule has 0 aliphatic rings. The number of halogens is 1. The van der Waals surface area contributed by atoms with E-state index in [2.05, 4.69) is 26.6 Å². The van der Waals surface area contributed by atoms with Crippen LogP contribution in [0, 0.1) is 13.8 Å². The average molecular weight is 329 g/mol. The lowest BCUT2D eigenvalue weighted by Crippen LogP contribution is -2.34. The Balaban J connectivity index is 2.55. The third-order valence-electron chi connectivity index (χ3n) is 2.39. The van der Waals surface area contributed by atoms with Crippen molar-refractivity contribution >= 4 is 33.6 Å². The maximum atomic E-state index is 11.6. The van der Waals surface area contributed by atoms with Crippen LogP contribution in [0.15, 0.2) is 16.6 Å². The SMILES string of the molecule is CCOC(=O)CNC(=O)Nc1cc(C)c(Br)c(C)c1. The summed E-state index contributed by atoms with van der Waals surface area (Å²) in [5, 5.41) is 5.10. The number of aryl methyl sites for hydroxylation is 2. The Bertz CT molecular complexity index is 466. The fourth-order valence-electron chi connectivity index (χ4n) is 1.56. The number of anilines is 1. The predicted octanol–water partition coefficient (Wildman–Crippen LogP) is 2.75. The standard InChI is InChI=1S/C13H17BrN2O3/c1-4-19-11(17)7-15-13(18)16-10-5-8(2)12(14)9(3)6-10/h5-6H,4,7H2,1-3H3,(H2,15,16,18). The minimum Gasteiger partial charge on any atom is -0.465 e. The van der Waals surface area contributed by atoms with Crippen molar-refractivity contribution in [3.63, 3.8) is 0 Å². The quantitative estimate of drug-likeness (QED) is 0.835. The maximum absolute atomic E-state index is 11.6. The molecule has 2 amide bonds. The van der Waals surface area contributed by atoms with Crippen LogP contribution in [0.1, 0.15) is 18.1 Å². The summed E-state index contributed by atoms with van der Waals surface area (Å²) in [6.07, 6.45) is 0. The van der Waals surface area contributed by atoms with E-state index in [1.54, 1.807) is 6.92 Å². The topological polar surface area (TPSA) is 67.4 Å². The van der Waals surface area contributed by atoms with Crippen LogP contribution in [-0.2, 0) is 9.53 Å². The number of ether oxygens (including phenoxy) is 1. The van der Waals surface area contributed by atoms with Crippen LogP contribution >= 0.6 is 15.9 Å². The van der Waals surface area contributed by atoms with Crippen LogP contribution in [0.4, 0.5) is 10.5 Å². The van der Waals surface area contributed by atoms with E-state index in [1.807, 2.05) is 26.0 Å². The molecule has 0 aliphatic heterocycles. The first-order valence-electron chi connectivity index (χ1n) is 5.91. The van der Waals surface area contributed by atoms with Crippen molar-refractivity contribution < 1.29 is 14.3 Å². The summed E-state index contributed by atoms with van der Waals surface area (Å²) in [5.74, 6) is -0.458. The van der Waals surface area contributed by atoms with Crippen LogP contribution in [0.3, 0.4) is 0 Å². The molecule has 0 aliphatic carbocycles. The maximum Gasteiger partial charge on any atom is 0.325 e. The zero-order valence-electron chi connectivity index (χ0n) is 11.2. The van der Waals surface area contributed by atoms with E-state index in [4.69, 9.17) is 4.74 Å². The third kappa shape index (κ3) is 4.90. The third-order valence-corrected chi connectivity index (χ3v) is 3.64. The van der Waals surface area contributed by atoms with E-state index in [0.29, 0.717) is 12.3 Å². The van der Waals surface area contributed by atoms with Crippen molar-refractivity contribution in [1.29, 1.82) is 0 Å². The molecule has 1 aromatic carbocycles. The Morgan fingerprint density at radius 3 is 2.37 bits per heavy atom. The van der Waals surface area contributed by atoms with E-state index in [0.717, 1.165) is 15.6 Å². The van der Waals surface area contributed by atoms with E-state index in [-0.39, 0.29) is 6.54 Å².